The van der Waals surface area contributed by atoms with E-state index >= 15 is 0 Å². The largest absolute Gasteiger partial charge is 0.389 e. The van der Waals surface area contributed by atoms with Crippen molar-refractivity contribution >= 4 is 11.8 Å². The number of carbonyl (C=O) groups is 2. The third-order valence-electron chi connectivity index (χ3n) is 4.78. The highest BCUT2D eigenvalue weighted by molar-refractivity contribution is 6.09. The van der Waals surface area contributed by atoms with Crippen molar-refractivity contribution in [2.45, 2.75) is 50.7 Å². The summed E-state index contributed by atoms with van der Waals surface area (Å²) < 4.78 is 5.36. The van der Waals surface area contributed by atoms with Crippen molar-refractivity contribution in [3.63, 3.8) is 0 Å². The van der Waals surface area contributed by atoms with Crippen molar-refractivity contribution in [2.24, 2.45) is 0 Å². The second-order valence-electron chi connectivity index (χ2n) is 6.76. The van der Waals surface area contributed by atoms with Crippen LogP contribution in [0.2, 0.25) is 0 Å². The Labute approximate surface area is 136 Å². The number of aryl methyl sites for hydroxylation is 1. The standard InChI is InChI=1S/C18H23NO4/c1-12(2)23-11-14(20)10-19-16(21)9-18(17(19)22)8-7-13-5-3-4-6-15(13)18/h3-6,12,14,20H,7-11H2,1-2H3. The lowest BCUT2D eigenvalue weighted by Crippen LogP contribution is -2.42. The predicted octanol–water partition coefficient (Wildman–Crippen LogP) is 1.42. The van der Waals surface area contributed by atoms with E-state index in [2.05, 4.69) is 0 Å². The summed E-state index contributed by atoms with van der Waals surface area (Å²) in [6, 6.07) is 7.85. The number of aliphatic hydroxyl groups is 1. The van der Waals surface area contributed by atoms with Gasteiger partial charge in [-0.05, 0) is 37.8 Å². The maximum atomic E-state index is 12.9. The van der Waals surface area contributed by atoms with Gasteiger partial charge in [-0.15, -0.1) is 0 Å². The van der Waals surface area contributed by atoms with Gasteiger partial charge in [-0.1, -0.05) is 24.3 Å². The van der Waals surface area contributed by atoms with Crippen LogP contribution in [-0.2, 0) is 26.2 Å². The molecule has 0 saturated carbocycles. The molecule has 0 radical (unpaired) electrons. The van der Waals surface area contributed by atoms with Crippen LogP contribution in [0.3, 0.4) is 0 Å². The minimum absolute atomic E-state index is 0.00248. The zero-order chi connectivity index (χ0) is 16.6. The van der Waals surface area contributed by atoms with E-state index in [1.54, 1.807) is 0 Å². The van der Waals surface area contributed by atoms with Gasteiger partial charge in [-0.25, -0.2) is 0 Å². The number of rotatable bonds is 5. The molecule has 2 atom stereocenters. The molecule has 1 saturated heterocycles. The van der Waals surface area contributed by atoms with Gasteiger partial charge < -0.3 is 9.84 Å². The van der Waals surface area contributed by atoms with E-state index in [0.717, 1.165) is 17.5 Å². The number of carbonyl (C=O) groups excluding carboxylic acids is 2. The average Bonchev–Trinajstić information content (AvgIpc) is 3.00. The molecular formula is C18H23NO4. The molecule has 124 valence electrons. The summed E-state index contributed by atoms with van der Waals surface area (Å²) in [4.78, 5) is 26.5. The summed E-state index contributed by atoms with van der Waals surface area (Å²) in [6.45, 7) is 3.89. The first-order valence-electron chi connectivity index (χ1n) is 8.17. The fraction of sp³-hybridized carbons (Fsp3) is 0.556. The molecule has 1 heterocycles. The Morgan fingerprint density at radius 2 is 2.04 bits per heavy atom. The van der Waals surface area contributed by atoms with Crippen molar-refractivity contribution in [3.05, 3.63) is 35.4 Å². The summed E-state index contributed by atoms with van der Waals surface area (Å²) in [5.74, 6) is -0.369. The second-order valence-corrected chi connectivity index (χ2v) is 6.76. The molecule has 1 fully saturated rings. The van der Waals surface area contributed by atoms with Gasteiger partial charge in [0.2, 0.25) is 11.8 Å². The average molecular weight is 317 g/mol. The molecule has 0 bridgehead atoms. The molecule has 5 nitrogen and oxygen atoms in total. The molecule has 1 aliphatic carbocycles. The Kier molecular flexibility index (Phi) is 4.25. The first kappa shape index (κ1) is 16.1. The minimum Gasteiger partial charge on any atom is -0.389 e. The van der Waals surface area contributed by atoms with Gasteiger partial charge in [0.1, 0.15) is 0 Å². The van der Waals surface area contributed by atoms with E-state index in [1.165, 1.54) is 4.90 Å². The minimum atomic E-state index is -0.850. The van der Waals surface area contributed by atoms with Gasteiger partial charge in [0.15, 0.2) is 0 Å². The molecule has 3 rings (SSSR count). The van der Waals surface area contributed by atoms with E-state index in [1.807, 2.05) is 38.1 Å². The number of fused-ring (bicyclic) bond motifs is 2. The van der Waals surface area contributed by atoms with Crippen LogP contribution in [0, 0.1) is 0 Å². The Hall–Kier alpha value is -1.72. The van der Waals surface area contributed by atoms with E-state index < -0.39 is 11.5 Å². The number of amides is 2. The molecule has 2 unspecified atom stereocenters. The molecule has 1 aromatic carbocycles. The van der Waals surface area contributed by atoms with E-state index in [0.29, 0.717) is 6.42 Å². The fourth-order valence-electron chi connectivity index (χ4n) is 3.65. The maximum absolute atomic E-state index is 12.9. The number of imide groups is 1. The van der Waals surface area contributed by atoms with Crippen molar-refractivity contribution in [1.82, 2.24) is 4.90 Å². The second kappa shape index (κ2) is 6.06. The quantitative estimate of drug-likeness (QED) is 0.834. The van der Waals surface area contributed by atoms with Gasteiger partial charge in [0, 0.05) is 6.42 Å². The third kappa shape index (κ3) is 2.79. The number of benzene rings is 1. The van der Waals surface area contributed by atoms with Crippen LogP contribution in [0.15, 0.2) is 24.3 Å². The normalized spacial score (nSPS) is 24.8. The summed E-state index contributed by atoms with van der Waals surface area (Å²) in [6.07, 6.45) is 0.856. The Balaban J connectivity index is 1.76. The molecule has 1 aromatic rings. The van der Waals surface area contributed by atoms with Crippen LogP contribution in [-0.4, -0.2) is 47.2 Å². The number of hydrogen-bond acceptors (Lipinski definition) is 4. The number of β-amino-alcohol motifs (C(OH)–C–C–N with tert-alkyl or cyclic N) is 1. The Morgan fingerprint density at radius 3 is 2.78 bits per heavy atom. The summed E-state index contributed by atoms with van der Waals surface area (Å²) >= 11 is 0. The highest BCUT2D eigenvalue weighted by Gasteiger charge is 2.55. The number of aliphatic hydroxyl groups excluding tert-OH is 1. The van der Waals surface area contributed by atoms with Crippen LogP contribution in [0.5, 0.6) is 0 Å². The topological polar surface area (TPSA) is 66.8 Å². The molecule has 1 N–H and O–H groups in total. The van der Waals surface area contributed by atoms with Gasteiger partial charge in [-0.2, -0.15) is 0 Å². The molecule has 2 aliphatic rings. The van der Waals surface area contributed by atoms with Gasteiger partial charge in [0.05, 0.1) is 30.8 Å². The smallest absolute Gasteiger partial charge is 0.240 e. The van der Waals surface area contributed by atoms with Crippen LogP contribution >= 0.6 is 0 Å². The van der Waals surface area contributed by atoms with E-state index in [-0.39, 0.29) is 37.5 Å². The lowest BCUT2D eigenvalue weighted by molar-refractivity contribution is -0.142. The molecule has 23 heavy (non-hydrogen) atoms. The predicted molar refractivity (Wildman–Crippen MR) is 84.9 cm³/mol. The van der Waals surface area contributed by atoms with Gasteiger partial charge in [0.25, 0.3) is 0 Å². The third-order valence-corrected chi connectivity index (χ3v) is 4.78. The SMILES string of the molecule is CC(C)OCC(O)CN1C(=O)CC2(CCc3ccccc32)C1=O. The number of ether oxygens (including phenoxy) is 1. The molecular weight excluding hydrogens is 294 g/mol. The lowest BCUT2D eigenvalue weighted by Gasteiger charge is -2.24. The summed E-state index contributed by atoms with van der Waals surface area (Å²) in [7, 11) is 0. The molecule has 1 aliphatic heterocycles. The van der Waals surface area contributed by atoms with E-state index in [4.69, 9.17) is 4.74 Å². The number of nitrogens with zero attached hydrogens (tertiary/aromatic N) is 1. The molecule has 1 spiro atoms. The van der Waals surface area contributed by atoms with Crippen molar-refractivity contribution in [1.29, 1.82) is 0 Å². The monoisotopic (exact) mass is 317 g/mol. The first-order valence-corrected chi connectivity index (χ1v) is 8.17. The molecule has 2 amide bonds. The van der Waals surface area contributed by atoms with Crippen LogP contribution < -0.4 is 0 Å². The lowest BCUT2D eigenvalue weighted by atomic mass is 9.80. The Bertz CT molecular complexity index is 627. The summed E-state index contributed by atoms with van der Waals surface area (Å²) in [5.41, 5.74) is 1.42. The summed E-state index contributed by atoms with van der Waals surface area (Å²) in [5, 5.41) is 10.0. The zero-order valence-electron chi connectivity index (χ0n) is 13.6. The first-order chi connectivity index (χ1) is 10.9. The zero-order valence-corrected chi connectivity index (χ0v) is 13.6. The van der Waals surface area contributed by atoms with Crippen molar-refractivity contribution < 1.29 is 19.4 Å². The Morgan fingerprint density at radius 1 is 1.30 bits per heavy atom. The van der Waals surface area contributed by atoms with Crippen molar-refractivity contribution in [2.75, 3.05) is 13.2 Å². The van der Waals surface area contributed by atoms with Crippen molar-refractivity contribution in [3.8, 4) is 0 Å². The van der Waals surface area contributed by atoms with E-state index in [9.17, 15) is 14.7 Å². The number of likely N-dealkylation sites (tertiary alicyclic amines) is 1. The molecule has 5 heteroatoms. The van der Waals surface area contributed by atoms with Gasteiger partial charge in [-0.3, -0.25) is 14.5 Å². The number of hydrogen-bond donors (Lipinski definition) is 1. The van der Waals surface area contributed by atoms with Crippen LogP contribution in [0.4, 0.5) is 0 Å². The van der Waals surface area contributed by atoms with Crippen LogP contribution in [0.1, 0.15) is 37.8 Å². The fourth-order valence-corrected chi connectivity index (χ4v) is 3.65. The highest BCUT2D eigenvalue weighted by Crippen LogP contribution is 2.46. The maximum Gasteiger partial charge on any atom is 0.240 e. The highest BCUT2D eigenvalue weighted by atomic mass is 16.5. The van der Waals surface area contributed by atoms with Crippen LogP contribution in [0.25, 0.3) is 0 Å². The molecule has 0 aromatic heterocycles. The van der Waals surface area contributed by atoms with Gasteiger partial charge >= 0.3 is 0 Å².